The maximum absolute atomic E-state index is 12.3. The molecule has 1 fully saturated rings. The van der Waals surface area contributed by atoms with Crippen LogP contribution >= 0.6 is 0 Å². The van der Waals surface area contributed by atoms with E-state index in [1.807, 2.05) is 18.3 Å². The van der Waals surface area contributed by atoms with E-state index in [0.29, 0.717) is 25.1 Å². The second-order valence-electron chi connectivity index (χ2n) is 6.01. The molecule has 5 nitrogen and oxygen atoms in total. The Hall–Kier alpha value is -1.33. The molecule has 1 aromatic heterocycles. The molecule has 2 N–H and O–H groups in total. The first-order valence-electron chi connectivity index (χ1n) is 7.92. The Morgan fingerprint density at radius 2 is 2.24 bits per heavy atom. The van der Waals surface area contributed by atoms with Crippen molar-refractivity contribution in [2.75, 3.05) is 32.8 Å². The fraction of sp³-hybridized carbons (Fsp3) is 0.688. The summed E-state index contributed by atoms with van der Waals surface area (Å²) in [6.45, 7) is 8.14. The van der Waals surface area contributed by atoms with Gasteiger partial charge in [-0.3, -0.25) is 4.79 Å². The highest BCUT2D eigenvalue weighted by Gasteiger charge is 2.19. The van der Waals surface area contributed by atoms with E-state index in [9.17, 15) is 4.79 Å². The highest BCUT2D eigenvalue weighted by Crippen LogP contribution is 2.21. The Balaban J connectivity index is 1.81. The molecular formula is C16H27N3O2. The number of ether oxygens (including phenoxy) is 1. The van der Waals surface area contributed by atoms with E-state index in [1.54, 1.807) is 0 Å². The molecule has 2 heterocycles. The molecule has 1 aliphatic heterocycles. The molecule has 1 aliphatic rings. The van der Waals surface area contributed by atoms with Crippen LogP contribution in [-0.4, -0.2) is 43.3 Å². The van der Waals surface area contributed by atoms with Crippen LogP contribution in [0.25, 0.3) is 0 Å². The first-order chi connectivity index (χ1) is 10.2. The zero-order valence-electron chi connectivity index (χ0n) is 13.1. The number of hydrogen-bond acceptors (Lipinski definition) is 3. The molecule has 1 saturated heterocycles. The quantitative estimate of drug-likeness (QED) is 0.754. The number of carbonyl (C=O) groups is 1. The van der Waals surface area contributed by atoms with Crippen LogP contribution < -0.4 is 10.6 Å². The minimum Gasteiger partial charge on any atom is -0.379 e. The van der Waals surface area contributed by atoms with Gasteiger partial charge < -0.3 is 19.9 Å². The van der Waals surface area contributed by atoms with Gasteiger partial charge in [0.1, 0.15) is 5.69 Å². The highest BCUT2D eigenvalue weighted by molar-refractivity contribution is 5.92. The number of nitrogens with zero attached hydrogens (tertiary/aromatic N) is 1. The van der Waals surface area contributed by atoms with Crippen LogP contribution in [0.1, 0.15) is 43.2 Å². The van der Waals surface area contributed by atoms with Gasteiger partial charge in [0.05, 0.1) is 6.61 Å². The summed E-state index contributed by atoms with van der Waals surface area (Å²) in [5, 5.41) is 6.29. The molecule has 1 amide bonds. The SMILES string of the molecule is CC(C)COCCNC(=O)c1cccn1C1CCNCC1. The summed E-state index contributed by atoms with van der Waals surface area (Å²) in [5.74, 6) is 0.518. The van der Waals surface area contributed by atoms with Crippen LogP contribution in [0, 0.1) is 5.92 Å². The summed E-state index contributed by atoms with van der Waals surface area (Å²) >= 11 is 0. The van der Waals surface area contributed by atoms with Gasteiger partial charge in [0, 0.05) is 25.4 Å². The van der Waals surface area contributed by atoms with Crippen LogP contribution in [0.15, 0.2) is 18.3 Å². The topological polar surface area (TPSA) is 55.3 Å². The Bertz CT molecular complexity index is 436. The van der Waals surface area contributed by atoms with Crippen LogP contribution in [0.3, 0.4) is 0 Å². The van der Waals surface area contributed by atoms with E-state index in [4.69, 9.17) is 4.74 Å². The Labute approximate surface area is 127 Å². The van der Waals surface area contributed by atoms with E-state index < -0.39 is 0 Å². The molecule has 0 saturated carbocycles. The number of hydrogen-bond donors (Lipinski definition) is 2. The second kappa shape index (κ2) is 8.20. The number of rotatable bonds is 7. The monoisotopic (exact) mass is 293 g/mol. The molecule has 118 valence electrons. The fourth-order valence-corrected chi connectivity index (χ4v) is 2.64. The Morgan fingerprint density at radius 3 is 2.95 bits per heavy atom. The summed E-state index contributed by atoms with van der Waals surface area (Å²) in [7, 11) is 0. The molecule has 0 spiro atoms. The predicted molar refractivity (Wildman–Crippen MR) is 83.6 cm³/mol. The predicted octanol–water partition coefficient (Wildman–Crippen LogP) is 1.82. The number of aromatic nitrogens is 1. The van der Waals surface area contributed by atoms with Gasteiger partial charge >= 0.3 is 0 Å². The third-order valence-corrected chi connectivity index (χ3v) is 3.70. The zero-order valence-corrected chi connectivity index (χ0v) is 13.1. The molecule has 2 rings (SSSR count). The first kappa shape index (κ1) is 16.0. The molecule has 0 bridgehead atoms. The lowest BCUT2D eigenvalue weighted by Gasteiger charge is -2.25. The van der Waals surface area contributed by atoms with Crippen molar-refractivity contribution in [2.24, 2.45) is 5.92 Å². The van der Waals surface area contributed by atoms with Crippen molar-refractivity contribution in [1.29, 1.82) is 0 Å². The van der Waals surface area contributed by atoms with E-state index >= 15 is 0 Å². The summed E-state index contributed by atoms with van der Waals surface area (Å²) in [6.07, 6.45) is 4.17. The van der Waals surface area contributed by atoms with Crippen LogP contribution in [0.5, 0.6) is 0 Å². The van der Waals surface area contributed by atoms with Crippen molar-refractivity contribution in [2.45, 2.75) is 32.7 Å². The van der Waals surface area contributed by atoms with Crippen molar-refractivity contribution in [1.82, 2.24) is 15.2 Å². The van der Waals surface area contributed by atoms with E-state index in [-0.39, 0.29) is 5.91 Å². The lowest BCUT2D eigenvalue weighted by Crippen LogP contribution is -2.33. The minimum absolute atomic E-state index is 0.00770. The molecular weight excluding hydrogens is 266 g/mol. The van der Waals surface area contributed by atoms with Gasteiger partial charge in [-0.05, 0) is 44.0 Å². The molecule has 0 aromatic carbocycles. The summed E-state index contributed by atoms with van der Waals surface area (Å²) in [5.41, 5.74) is 0.755. The lowest BCUT2D eigenvalue weighted by atomic mass is 10.1. The van der Waals surface area contributed by atoms with Gasteiger partial charge in [0.15, 0.2) is 0 Å². The van der Waals surface area contributed by atoms with Crippen molar-refractivity contribution < 1.29 is 9.53 Å². The Morgan fingerprint density at radius 1 is 1.48 bits per heavy atom. The third kappa shape index (κ3) is 4.86. The Kier molecular flexibility index (Phi) is 6.26. The van der Waals surface area contributed by atoms with Gasteiger partial charge in [-0.25, -0.2) is 0 Å². The summed E-state index contributed by atoms with van der Waals surface area (Å²) < 4.78 is 7.60. The summed E-state index contributed by atoms with van der Waals surface area (Å²) in [4.78, 5) is 12.3. The average molecular weight is 293 g/mol. The molecule has 0 radical (unpaired) electrons. The molecule has 0 unspecified atom stereocenters. The highest BCUT2D eigenvalue weighted by atomic mass is 16.5. The van der Waals surface area contributed by atoms with Crippen molar-refractivity contribution in [3.05, 3.63) is 24.0 Å². The average Bonchev–Trinajstić information content (AvgIpc) is 2.97. The van der Waals surface area contributed by atoms with E-state index in [2.05, 4.69) is 29.0 Å². The second-order valence-corrected chi connectivity index (χ2v) is 6.01. The maximum atomic E-state index is 12.3. The maximum Gasteiger partial charge on any atom is 0.267 e. The number of nitrogens with one attached hydrogen (secondary N) is 2. The number of amides is 1. The van der Waals surface area contributed by atoms with Crippen molar-refractivity contribution in [3.63, 3.8) is 0 Å². The molecule has 1 aromatic rings. The molecule has 0 aliphatic carbocycles. The van der Waals surface area contributed by atoms with Crippen LogP contribution in [0.4, 0.5) is 0 Å². The van der Waals surface area contributed by atoms with E-state index in [0.717, 1.165) is 38.2 Å². The van der Waals surface area contributed by atoms with Gasteiger partial charge in [-0.2, -0.15) is 0 Å². The van der Waals surface area contributed by atoms with Crippen LogP contribution in [-0.2, 0) is 4.74 Å². The largest absolute Gasteiger partial charge is 0.379 e. The molecule has 0 atom stereocenters. The van der Waals surface area contributed by atoms with Crippen molar-refractivity contribution >= 4 is 5.91 Å². The van der Waals surface area contributed by atoms with Gasteiger partial charge in [0.25, 0.3) is 5.91 Å². The van der Waals surface area contributed by atoms with Gasteiger partial charge in [-0.15, -0.1) is 0 Å². The molecule has 21 heavy (non-hydrogen) atoms. The first-order valence-corrected chi connectivity index (χ1v) is 7.92. The number of carbonyl (C=O) groups excluding carboxylic acids is 1. The zero-order chi connectivity index (χ0) is 15.1. The van der Waals surface area contributed by atoms with Gasteiger partial charge in [0.2, 0.25) is 0 Å². The smallest absolute Gasteiger partial charge is 0.267 e. The summed E-state index contributed by atoms with van der Waals surface area (Å²) in [6, 6.07) is 4.28. The standard InChI is InChI=1S/C16H27N3O2/c1-13(2)12-21-11-9-18-16(20)15-4-3-10-19(15)14-5-7-17-8-6-14/h3-4,10,13-14,17H,5-9,11-12H2,1-2H3,(H,18,20). The normalized spacial score (nSPS) is 16.3. The fourth-order valence-electron chi connectivity index (χ4n) is 2.64. The van der Waals surface area contributed by atoms with Gasteiger partial charge in [-0.1, -0.05) is 13.8 Å². The number of piperidine rings is 1. The molecule has 5 heteroatoms. The van der Waals surface area contributed by atoms with Crippen molar-refractivity contribution in [3.8, 4) is 0 Å². The minimum atomic E-state index is -0.00770. The lowest BCUT2D eigenvalue weighted by molar-refractivity contribution is 0.0875. The third-order valence-electron chi connectivity index (χ3n) is 3.70. The van der Waals surface area contributed by atoms with Crippen LogP contribution in [0.2, 0.25) is 0 Å². The van der Waals surface area contributed by atoms with E-state index in [1.165, 1.54) is 0 Å².